The molecule has 1 fully saturated rings. The van der Waals surface area contributed by atoms with Gasteiger partial charge in [-0.25, -0.2) is 0 Å². The summed E-state index contributed by atoms with van der Waals surface area (Å²) in [6.45, 7) is 2.72. The quantitative estimate of drug-likeness (QED) is 0.823. The van der Waals surface area contributed by atoms with E-state index in [9.17, 15) is 0 Å². The van der Waals surface area contributed by atoms with Crippen LogP contribution in [0.3, 0.4) is 0 Å². The van der Waals surface area contributed by atoms with Gasteiger partial charge in [-0.1, -0.05) is 37.8 Å². The van der Waals surface area contributed by atoms with E-state index >= 15 is 0 Å². The van der Waals surface area contributed by atoms with Crippen molar-refractivity contribution in [1.29, 1.82) is 0 Å². The Morgan fingerprint density at radius 1 is 1.33 bits per heavy atom. The molecule has 0 aliphatic heterocycles. The van der Waals surface area contributed by atoms with Crippen LogP contribution in [-0.2, 0) is 0 Å². The molecule has 2 nitrogen and oxygen atoms in total. The Morgan fingerprint density at radius 2 is 2.11 bits per heavy atom. The van der Waals surface area contributed by atoms with Crippen LogP contribution in [0.4, 0.5) is 0 Å². The van der Waals surface area contributed by atoms with Gasteiger partial charge in [0, 0.05) is 6.04 Å². The van der Waals surface area contributed by atoms with Crippen molar-refractivity contribution in [1.82, 2.24) is 0 Å². The van der Waals surface area contributed by atoms with Gasteiger partial charge in [0.1, 0.15) is 5.75 Å². The Kier molecular flexibility index (Phi) is 5.06. The number of hydrogen-bond acceptors (Lipinski definition) is 2. The lowest BCUT2D eigenvalue weighted by Crippen LogP contribution is -2.12. The average molecular weight is 247 g/mol. The smallest absolute Gasteiger partial charge is 0.119 e. The highest BCUT2D eigenvalue weighted by molar-refractivity contribution is 5.30. The summed E-state index contributed by atoms with van der Waals surface area (Å²) < 4.78 is 5.52. The summed E-state index contributed by atoms with van der Waals surface area (Å²) in [5, 5.41) is 0. The summed E-state index contributed by atoms with van der Waals surface area (Å²) in [5.41, 5.74) is 7.49. The van der Waals surface area contributed by atoms with Gasteiger partial charge in [-0.05, 0) is 43.4 Å². The van der Waals surface area contributed by atoms with Crippen LogP contribution >= 0.6 is 0 Å². The number of hydrogen-bond donors (Lipinski definition) is 1. The van der Waals surface area contributed by atoms with E-state index in [0.717, 1.165) is 18.1 Å². The second kappa shape index (κ2) is 6.79. The third-order valence-electron chi connectivity index (χ3n) is 3.96. The van der Waals surface area contributed by atoms with Crippen LogP contribution in [0, 0.1) is 5.92 Å². The SMILES string of the molecule is CCOc1cccc(C(N)CCC2CCCC2)c1. The lowest BCUT2D eigenvalue weighted by molar-refractivity contribution is 0.339. The molecule has 1 aromatic carbocycles. The zero-order valence-electron chi connectivity index (χ0n) is 11.4. The van der Waals surface area contributed by atoms with Crippen LogP contribution in [0.25, 0.3) is 0 Å². The van der Waals surface area contributed by atoms with E-state index in [1.165, 1.54) is 37.7 Å². The molecule has 18 heavy (non-hydrogen) atoms. The predicted octanol–water partition coefficient (Wildman–Crippen LogP) is 4.06. The maximum Gasteiger partial charge on any atom is 0.119 e. The lowest BCUT2D eigenvalue weighted by Gasteiger charge is -2.16. The van der Waals surface area contributed by atoms with E-state index < -0.39 is 0 Å². The Bertz CT molecular complexity index is 358. The second-order valence-corrected chi connectivity index (χ2v) is 5.34. The fraction of sp³-hybridized carbons (Fsp3) is 0.625. The largest absolute Gasteiger partial charge is 0.494 e. The molecular formula is C16H25NO. The topological polar surface area (TPSA) is 35.2 Å². The third kappa shape index (κ3) is 3.74. The molecule has 1 aliphatic carbocycles. The first-order chi connectivity index (χ1) is 8.79. The molecule has 2 heteroatoms. The molecule has 2 rings (SSSR count). The molecule has 1 unspecified atom stereocenters. The molecule has 100 valence electrons. The molecular weight excluding hydrogens is 222 g/mol. The van der Waals surface area contributed by atoms with Crippen LogP contribution in [0.5, 0.6) is 5.75 Å². The average Bonchev–Trinajstić information content (AvgIpc) is 2.90. The molecule has 0 radical (unpaired) electrons. The van der Waals surface area contributed by atoms with E-state index in [1.54, 1.807) is 0 Å². The highest BCUT2D eigenvalue weighted by atomic mass is 16.5. The molecule has 1 atom stereocenters. The van der Waals surface area contributed by atoms with E-state index in [1.807, 2.05) is 19.1 Å². The summed E-state index contributed by atoms with van der Waals surface area (Å²) in [5.74, 6) is 1.86. The van der Waals surface area contributed by atoms with Crippen LogP contribution in [0.15, 0.2) is 24.3 Å². The van der Waals surface area contributed by atoms with Gasteiger partial charge in [0.05, 0.1) is 6.61 Å². The molecule has 0 bridgehead atoms. The van der Waals surface area contributed by atoms with E-state index in [2.05, 4.69) is 12.1 Å². The number of ether oxygens (including phenoxy) is 1. The minimum absolute atomic E-state index is 0.158. The first kappa shape index (κ1) is 13.4. The molecule has 0 spiro atoms. The first-order valence-electron chi connectivity index (χ1n) is 7.28. The molecule has 1 aromatic rings. The molecule has 1 saturated carbocycles. The Labute approximate surface area is 111 Å². The number of nitrogens with two attached hydrogens (primary N) is 1. The summed E-state index contributed by atoms with van der Waals surface area (Å²) in [6, 6.07) is 8.39. The Morgan fingerprint density at radius 3 is 2.83 bits per heavy atom. The zero-order chi connectivity index (χ0) is 12.8. The van der Waals surface area contributed by atoms with Crippen molar-refractivity contribution in [2.45, 2.75) is 51.5 Å². The molecule has 2 N–H and O–H groups in total. The lowest BCUT2D eigenvalue weighted by atomic mass is 9.95. The first-order valence-corrected chi connectivity index (χ1v) is 7.28. The standard InChI is InChI=1S/C16H25NO/c1-2-18-15-9-5-8-14(12-15)16(17)11-10-13-6-3-4-7-13/h5,8-9,12-13,16H,2-4,6-7,10-11,17H2,1H3. The Hall–Kier alpha value is -1.02. The summed E-state index contributed by atoms with van der Waals surface area (Å²) in [6.07, 6.45) is 8.02. The predicted molar refractivity (Wildman–Crippen MR) is 75.7 cm³/mol. The van der Waals surface area contributed by atoms with Gasteiger partial charge in [0.25, 0.3) is 0 Å². The van der Waals surface area contributed by atoms with Crippen LogP contribution < -0.4 is 10.5 Å². The molecule has 1 aliphatic rings. The monoisotopic (exact) mass is 247 g/mol. The van der Waals surface area contributed by atoms with E-state index in [0.29, 0.717) is 6.61 Å². The van der Waals surface area contributed by atoms with Crippen LogP contribution in [0.1, 0.15) is 57.1 Å². The minimum Gasteiger partial charge on any atom is -0.494 e. The normalized spacial score (nSPS) is 17.9. The van der Waals surface area contributed by atoms with Crippen molar-refractivity contribution in [3.63, 3.8) is 0 Å². The Balaban J connectivity index is 1.86. The van der Waals surface area contributed by atoms with Gasteiger partial charge in [-0.3, -0.25) is 0 Å². The number of rotatable bonds is 6. The highest BCUT2D eigenvalue weighted by Crippen LogP contribution is 2.31. The van der Waals surface area contributed by atoms with Gasteiger partial charge in [0.15, 0.2) is 0 Å². The maximum absolute atomic E-state index is 6.28. The van der Waals surface area contributed by atoms with Crippen molar-refractivity contribution in [3.05, 3.63) is 29.8 Å². The van der Waals surface area contributed by atoms with Crippen molar-refractivity contribution >= 4 is 0 Å². The van der Waals surface area contributed by atoms with Crippen LogP contribution in [0.2, 0.25) is 0 Å². The van der Waals surface area contributed by atoms with Crippen molar-refractivity contribution in [2.75, 3.05) is 6.61 Å². The van der Waals surface area contributed by atoms with Crippen LogP contribution in [-0.4, -0.2) is 6.61 Å². The van der Waals surface area contributed by atoms with Gasteiger partial charge in [-0.15, -0.1) is 0 Å². The van der Waals surface area contributed by atoms with E-state index in [4.69, 9.17) is 10.5 Å². The minimum atomic E-state index is 0.158. The molecule has 0 aromatic heterocycles. The van der Waals surface area contributed by atoms with Gasteiger partial charge in [-0.2, -0.15) is 0 Å². The van der Waals surface area contributed by atoms with Crippen molar-refractivity contribution < 1.29 is 4.74 Å². The maximum atomic E-state index is 6.28. The molecule has 0 heterocycles. The fourth-order valence-electron chi connectivity index (χ4n) is 2.88. The second-order valence-electron chi connectivity index (χ2n) is 5.34. The van der Waals surface area contributed by atoms with E-state index in [-0.39, 0.29) is 6.04 Å². The van der Waals surface area contributed by atoms with Crippen molar-refractivity contribution in [2.24, 2.45) is 11.7 Å². The third-order valence-corrected chi connectivity index (χ3v) is 3.96. The summed E-state index contributed by atoms with van der Waals surface area (Å²) in [7, 11) is 0. The highest BCUT2D eigenvalue weighted by Gasteiger charge is 2.16. The number of benzene rings is 1. The van der Waals surface area contributed by atoms with Gasteiger partial charge >= 0.3 is 0 Å². The molecule has 0 amide bonds. The zero-order valence-corrected chi connectivity index (χ0v) is 11.4. The van der Waals surface area contributed by atoms with Gasteiger partial charge < -0.3 is 10.5 Å². The summed E-state index contributed by atoms with van der Waals surface area (Å²) in [4.78, 5) is 0. The molecule has 0 saturated heterocycles. The van der Waals surface area contributed by atoms with Crippen molar-refractivity contribution in [3.8, 4) is 5.75 Å². The summed E-state index contributed by atoms with van der Waals surface area (Å²) >= 11 is 0. The fourth-order valence-corrected chi connectivity index (χ4v) is 2.88. The van der Waals surface area contributed by atoms with Gasteiger partial charge in [0.2, 0.25) is 0 Å².